The molecule has 1 aromatic carbocycles. The van der Waals surface area contributed by atoms with Crippen molar-refractivity contribution in [2.45, 2.75) is 38.7 Å². The molecule has 1 atom stereocenters. The monoisotopic (exact) mass is 391 g/mol. The Hall–Kier alpha value is -3.71. The summed E-state index contributed by atoms with van der Waals surface area (Å²) in [6, 6.07) is 8.63. The predicted octanol–water partition coefficient (Wildman–Crippen LogP) is 2.10. The first-order valence-corrected chi connectivity index (χ1v) is 8.97. The summed E-state index contributed by atoms with van der Waals surface area (Å²) >= 11 is 0. The van der Waals surface area contributed by atoms with Gasteiger partial charge in [0.1, 0.15) is 23.0 Å². The highest BCUT2D eigenvalue weighted by atomic mass is 16.6. The highest BCUT2D eigenvalue weighted by Gasteiger charge is 2.62. The minimum absolute atomic E-state index is 0.0166. The van der Waals surface area contributed by atoms with Crippen LogP contribution in [0.25, 0.3) is 0 Å². The Kier molecular flexibility index (Phi) is 4.64. The van der Waals surface area contributed by atoms with E-state index in [1.165, 1.54) is 4.90 Å². The van der Waals surface area contributed by atoms with Gasteiger partial charge in [-0.1, -0.05) is 24.1 Å². The van der Waals surface area contributed by atoms with Gasteiger partial charge < -0.3 is 20.1 Å². The van der Waals surface area contributed by atoms with Crippen LogP contribution in [0.1, 0.15) is 33.3 Å². The lowest BCUT2D eigenvalue weighted by Gasteiger charge is -2.35. The Bertz CT molecular complexity index is 1060. The van der Waals surface area contributed by atoms with Crippen LogP contribution in [0.4, 0.5) is 0 Å². The van der Waals surface area contributed by atoms with Crippen molar-refractivity contribution in [1.82, 2.24) is 4.90 Å². The van der Waals surface area contributed by atoms with Gasteiger partial charge in [-0.3, -0.25) is 4.79 Å². The van der Waals surface area contributed by atoms with E-state index in [9.17, 15) is 14.9 Å². The fourth-order valence-electron chi connectivity index (χ4n) is 3.75. The van der Waals surface area contributed by atoms with Crippen molar-refractivity contribution in [3.8, 4) is 24.2 Å². The zero-order valence-electron chi connectivity index (χ0n) is 16.7. The van der Waals surface area contributed by atoms with Crippen LogP contribution in [-0.2, 0) is 19.7 Å². The summed E-state index contributed by atoms with van der Waals surface area (Å²) < 4.78 is 11.2. The Morgan fingerprint density at radius 3 is 2.62 bits per heavy atom. The van der Waals surface area contributed by atoms with E-state index < -0.39 is 22.9 Å². The Morgan fingerprint density at radius 2 is 2.03 bits per heavy atom. The SMILES string of the molecule is C#CCN1C(=O)[C@]2(C(C#N)=C(N)Oc3ccccc32)C(C(=O)OC(C)(C)C)=C1C. The number of terminal acetylenes is 1. The number of hydrogen-bond acceptors (Lipinski definition) is 6. The van der Waals surface area contributed by atoms with Gasteiger partial charge in [-0.2, -0.15) is 5.26 Å². The molecule has 2 aliphatic heterocycles. The maximum atomic E-state index is 13.7. The van der Waals surface area contributed by atoms with E-state index in [4.69, 9.17) is 21.6 Å². The fraction of sp³-hybridized carbons (Fsp3) is 0.318. The molecule has 0 bridgehead atoms. The van der Waals surface area contributed by atoms with Crippen LogP contribution in [0.2, 0.25) is 0 Å². The molecule has 2 aliphatic rings. The van der Waals surface area contributed by atoms with Crippen molar-refractivity contribution in [3.63, 3.8) is 0 Å². The molecule has 7 heteroatoms. The highest BCUT2D eigenvalue weighted by Crippen LogP contribution is 2.53. The molecule has 148 valence electrons. The van der Waals surface area contributed by atoms with Crippen LogP contribution in [0.15, 0.2) is 47.0 Å². The molecule has 2 heterocycles. The third-order valence-corrected chi connectivity index (χ3v) is 4.80. The van der Waals surface area contributed by atoms with Crippen LogP contribution in [0.3, 0.4) is 0 Å². The lowest BCUT2D eigenvalue weighted by Crippen LogP contribution is -2.47. The lowest BCUT2D eigenvalue weighted by atomic mass is 9.68. The number of carbonyl (C=O) groups is 2. The molecule has 29 heavy (non-hydrogen) atoms. The first-order chi connectivity index (χ1) is 13.6. The minimum atomic E-state index is -1.78. The van der Waals surface area contributed by atoms with Gasteiger partial charge in [0, 0.05) is 11.3 Å². The second kappa shape index (κ2) is 6.72. The van der Waals surface area contributed by atoms with Gasteiger partial charge in [0.05, 0.1) is 12.1 Å². The summed E-state index contributed by atoms with van der Waals surface area (Å²) in [4.78, 5) is 28.3. The number of nitriles is 1. The molecule has 3 rings (SSSR count). The number of hydrogen-bond donors (Lipinski definition) is 1. The number of ether oxygens (including phenoxy) is 2. The number of benzene rings is 1. The molecule has 0 fully saturated rings. The molecule has 1 aromatic rings. The predicted molar refractivity (Wildman–Crippen MR) is 105 cm³/mol. The molecule has 0 aliphatic carbocycles. The average Bonchev–Trinajstić information content (AvgIpc) is 2.83. The molecule has 0 unspecified atom stereocenters. The fourth-order valence-corrected chi connectivity index (χ4v) is 3.75. The van der Waals surface area contributed by atoms with Crippen molar-refractivity contribution >= 4 is 11.9 Å². The summed E-state index contributed by atoms with van der Waals surface area (Å²) in [6.07, 6.45) is 5.45. The van der Waals surface area contributed by atoms with Gasteiger partial charge in [-0.15, -0.1) is 6.42 Å². The van der Waals surface area contributed by atoms with E-state index in [0.29, 0.717) is 11.3 Å². The molecule has 2 N–H and O–H groups in total. The zero-order chi connectivity index (χ0) is 21.6. The molecular formula is C22H21N3O4. The second-order valence-electron chi connectivity index (χ2n) is 7.76. The average molecular weight is 391 g/mol. The summed E-state index contributed by atoms with van der Waals surface area (Å²) in [6.45, 7) is 6.69. The topological polar surface area (TPSA) is 106 Å². The van der Waals surface area contributed by atoms with Gasteiger partial charge in [-0.05, 0) is 33.8 Å². The van der Waals surface area contributed by atoms with Gasteiger partial charge in [-0.25, -0.2) is 4.79 Å². The number of fused-ring (bicyclic) bond motifs is 2. The highest BCUT2D eigenvalue weighted by molar-refractivity contribution is 6.12. The smallest absolute Gasteiger partial charge is 0.338 e. The van der Waals surface area contributed by atoms with E-state index >= 15 is 0 Å². The van der Waals surface area contributed by atoms with Crippen molar-refractivity contribution < 1.29 is 19.1 Å². The summed E-state index contributed by atoms with van der Waals surface area (Å²) in [5.74, 6) is 1.21. The van der Waals surface area contributed by atoms with Gasteiger partial charge >= 0.3 is 5.97 Å². The van der Waals surface area contributed by atoms with Gasteiger partial charge in [0.2, 0.25) is 11.8 Å². The van der Waals surface area contributed by atoms with E-state index in [1.54, 1.807) is 52.0 Å². The standard InChI is InChI=1S/C22H21N3O4/c1-6-11-25-13(2)17(19(26)29-21(3,4)5)22(20(25)27)14-9-7-8-10-16(14)28-18(24)15(22)12-23/h1,7-10H,11,24H2,2-5H3/t22-/m1/s1. The van der Waals surface area contributed by atoms with Crippen molar-refractivity contribution in [3.05, 3.63) is 52.6 Å². The van der Waals surface area contributed by atoms with Crippen LogP contribution >= 0.6 is 0 Å². The minimum Gasteiger partial charge on any atom is -0.457 e. The Labute approximate surface area is 169 Å². The molecule has 1 amide bonds. The normalized spacial score (nSPS) is 20.9. The number of amides is 1. The number of rotatable bonds is 2. The largest absolute Gasteiger partial charge is 0.457 e. The third-order valence-electron chi connectivity index (χ3n) is 4.80. The number of allylic oxidation sites excluding steroid dienone is 1. The van der Waals surface area contributed by atoms with E-state index in [2.05, 4.69) is 5.92 Å². The molecule has 0 aromatic heterocycles. The first kappa shape index (κ1) is 20.0. The number of carbonyl (C=O) groups excluding carboxylic acids is 2. The van der Waals surface area contributed by atoms with Crippen LogP contribution in [-0.4, -0.2) is 28.9 Å². The second-order valence-corrected chi connectivity index (χ2v) is 7.76. The first-order valence-electron chi connectivity index (χ1n) is 8.97. The van der Waals surface area contributed by atoms with Crippen LogP contribution in [0.5, 0.6) is 5.75 Å². The number of nitrogens with two attached hydrogens (primary N) is 1. The third kappa shape index (κ3) is 2.83. The summed E-state index contributed by atoms with van der Waals surface area (Å²) in [7, 11) is 0. The molecule has 1 spiro atoms. The lowest BCUT2D eigenvalue weighted by molar-refractivity contribution is -0.151. The summed E-state index contributed by atoms with van der Waals surface area (Å²) in [5.41, 5.74) is 3.94. The molecular weight excluding hydrogens is 370 g/mol. The van der Waals surface area contributed by atoms with Gasteiger partial charge in [0.15, 0.2) is 5.41 Å². The van der Waals surface area contributed by atoms with Crippen molar-refractivity contribution in [2.24, 2.45) is 5.73 Å². The number of esters is 1. The zero-order valence-corrected chi connectivity index (χ0v) is 16.7. The van der Waals surface area contributed by atoms with Crippen molar-refractivity contribution in [1.29, 1.82) is 5.26 Å². The maximum Gasteiger partial charge on any atom is 0.338 e. The Balaban J connectivity index is 2.41. The Morgan fingerprint density at radius 1 is 1.38 bits per heavy atom. The number of nitrogens with zero attached hydrogens (tertiary/aromatic N) is 2. The van der Waals surface area contributed by atoms with E-state index in [-0.39, 0.29) is 29.3 Å². The van der Waals surface area contributed by atoms with Crippen LogP contribution < -0.4 is 10.5 Å². The number of para-hydroxylation sites is 1. The molecule has 0 radical (unpaired) electrons. The maximum absolute atomic E-state index is 13.7. The van der Waals surface area contributed by atoms with E-state index in [0.717, 1.165) is 0 Å². The van der Waals surface area contributed by atoms with Gasteiger partial charge in [0.25, 0.3) is 0 Å². The molecule has 0 saturated carbocycles. The quantitative estimate of drug-likeness (QED) is 0.611. The summed E-state index contributed by atoms with van der Waals surface area (Å²) in [5, 5.41) is 9.91. The van der Waals surface area contributed by atoms with E-state index in [1.807, 2.05) is 6.07 Å². The van der Waals surface area contributed by atoms with Crippen molar-refractivity contribution in [2.75, 3.05) is 6.54 Å². The molecule has 0 saturated heterocycles. The van der Waals surface area contributed by atoms with Crippen LogP contribution in [0, 0.1) is 23.7 Å². The molecule has 7 nitrogen and oxygen atoms in total.